The SMILES string of the molecule is CCN(CC(=O)O)C(=O)C1CC1(Cl)Cl. The van der Waals surface area contributed by atoms with Crippen molar-refractivity contribution in [1.29, 1.82) is 0 Å². The summed E-state index contributed by atoms with van der Waals surface area (Å²) in [4.78, 5) is 23.2. The van der Waals surface area contributed by atoms with Crippen molar-refractivity contribution in [2.45, 2.75) is 17.7 Å². The molecule has 4 nitrogen and oxygen atoms in total. The molecule has 1 aliphatic rings. The fourth-order valence-electron chi connectivity index (χ4n) is 1.21. The number of alkyl halides is 2. The second kappa shape index (κ2) is 3.95. The Morgan fingerprint density at radius 1 is 1.57 bits per heavy atom. The Bertz CT molecular complexity index is 267. The lowest BCUT2D eigenvalue weighted by Gasteiger charge is -2.18. The topological polar surface area (TPSA) is 57.6 Å². The van der Waals surface area contributed by atoms with Crippen LogP contribution in [0.5, 0.6) is 0 Å². The average Bonchev–Trinajstić information content (AvgIpc) is 2.69. The zero-order valence-electron chi connectivity index (χ0n) is 7.67. The van der Waals surface area contributed by atoms with E-state index in [9.17, 15) is 9.59 Å². The maximum absolute atomic E-state index is 11.6. The van der Waals surface area contributed by atoms with Crippen molar-refractivity contribution in [1.82, 2.24) is 4.90 Å². The van der Waals surface area contributed by atoms with E-state index in [1.807, 2.05) is 0 Å². The van der Waals surface area contributed by atoms with Gasteiger partial charge in [0.05, 0.1) is 5.92 Å². The van der Waals surface area contributed by atoms with Crippen LogP contribution in [0.15, 0.2) is 0 Å². The molecule has 1 fully saturated rings. The van der Waals surface area contributed by atoms with Gasteiger partial charge in [-0.05, 0) is 13.3 Å². The molecule has 1 amide bonds. The number of nitrogens with zero attached hydrogens (tertiary/aromatic N) is 1. The van der Waals surface area contributed by atoms with Crippen molar-refractivity contribution in [3.63, 3.8) is 0 Å². The molecule has 0 heterocycles. The van der Waals surface area contributed by atoms with E-state index in [0.29, 0.717) is 13.0 Å². The van der Waals surface area contributed by atoms with Crippen molar-refractivity contribution >= 4 is 35.1 Å². The molecule has 0 aromatic heterocycles. The first-order chi connectivity index (χ1) is 6.38. The van der Waals surface area contributed by atoms with Crippen LogP contribution >= 0.6 is 23.2 Å². The van der Waals surface area contributed by atoms with Gasteiger partial charge in [0.25, 0.3) is 0 Å². The third-order valence-electron chi connectivity index (χ3n) is 2.14. The molecule has 14 heavy (non-hydrogen) atoms. The number of aliphatic carboxylic acids is 1. The number of rotatable bonds is 4. The lowest BCUT2D eigenvalue weighted by atomic mass is 10.3. The van der Waals surface area contributed by atoms with Crippen molar-refractivity contribution in [3.8, 4) is 0 Å². The number of halogens is 2. The molecule has 0 aromatic rings. The highest BCUT2D eigenvalue weighted by Crippen LogP contribution is 2.53. The van der Waals surface area contributed by atoms with E-state index in [1.165, 1.54) is 4.90 Å². The molecule has 1 N–H and O–H groups in total. The minimum absolute atomic E-state index is 0.278. The summed E-state index contributed by atoms with van der Waals surface area (Å²) in [5.74, 6) is -1.75. The molecular weight excluding hydrogens is 229 g/mol. The van der Waals surface area contributed by atoms with Crippen molar-refractivity contribution in [3.05, 3.63) is 0 Å². The van der Waals surface area contributed by atoms with E-state index in [2.05, 4.69) is 0 Å². The molecule has 1 rings (SSSR count). The second-order valence-electron chi connectivity index (χ2n) is 3.26. The summed E-state index contributed by atoms with van der Waals surface area (Å²) in [7, 11) is 0. The maximum atomic E-state index is 11.6. The molecule has 1 atom stereocenters. The maximum Gasteiger partial charge on any atom is 0.323 e. The lowest BCUT2D eigenvalue weighted by Crippen LogP contribution is -2.37. The monoisotopic (exact) mass is 239 g/mol. The Morgan fingerprint density at radius 2 is 2.07 bits per heavy atom. The van der Waals surface area contributed by atoms with Gasteiger partial charge >= 0.3 is 5.97 Å². The highest BCUT2D eigenvalue weighted by atomic mass is 35.5. The van der Waals surface area contributed by atoms with Crippen LogP contribution in [0, 0.1) is 5.92 Å². The zero-order chi connectivity index (χ0) is 10.9. The molecule has 80 valence electrons. The molecule has 0 bridgehead atoms. The molecule has 6 heteroatoms. The number of likely N-dealkylation sites (N-methyl/N-ethyl adjacent to an activating group) is 1. The van der Waals surface area contributed by atoms with Crippen LogP contribution in [-0.2, 0) is 9.59 Å². The van der Waals surface area contributed by atoms with E-state index in [0.717, 1.165) is 0 Å². The predicted molar refractivity (Wildman–Crippen MR) is 52.4 cm³/mol. The van der Waals surface area contributed by atoms with Gasteiger partial charge in [-0.15, -0.1) is 23.2 Å². The van der Waals surface area contributed by atoms with Crippen LogP contribution in [-0.4, -0.2) is 39.3 Å². The van der Waals surface area contributed by atoms with Crippen molar-refractivity contribution in [2.75, 3.05) is 13.1 Å². The summed E-state index contributed by atoms with van der Waals surface area (Å²) >= 11 is 11.4. The Balaban J connectivity index is 2.54. The summed E-state index contributed by atoms with van der Waals surface area (Å²) < 4.78 is -0.983. The second-order valence-corrected chi connectivity index (χ2v) is 4.81. The smallest absolute Gasteiger partial charge is 0.323 e. The fourth-order valence-corrected chi connectivity index (χ4v) is 1.71. The number of hydrogen-bond acceptors (Lipinski definition) is 2. The Hall–Kier alpha value is -0.480. The number of amides is 1. The van der Waals surface area contributed by atoms with E-state index in [4.69, 9.17) is 28.3 Å². The standard InChI is InChI=1S/C8H11Cl2NO3/c1-2-11(4-6(12)13)7(14)5-3-8(5,9)10/h5H,2-4H2,1H3,(H,12,13). The van der Waals surface area contributed by atoms with Crippen molar-refractivity contribution < 1.29 is 14.7 Å². The summed E-state index contributed by atoms with van der Waals surface area (Å²) in [5.41, 5.74) is 0. The number of carboxylic acids is 1. The van der Waals surface area contributed by atoms with Gasteiger partial charge in [0.15, 0.2) is 0 Å². The van der Waals surface area contributed by atoms with Crippen LogP contribution in [0.3, 0.4) is 0 Å². The van der Waals surface area contributed by atoms with Gasteiger partial charge in [0, 0.05) is 6.54 Å². The molecule has 0 saturated heterocycles. The normalized spacial score (nSPS) is 22.9. The highest BCUT2D eigenvalue weighted by Gasteiger charge is 2.57. The molecule has 1 aliphatic carbocycles. The van der Waals surface area contributed by atoms with Gasteiger partial charge in [-0.3, -0.25) is 9.59 Å². The van der Waals surface area contributed by atoms with Gasteiger partial charge in [0.2, 0.25) is 5.91 Å². The molecular formula is C8H11Cl2NO3. The zero-order valence-corrected chi connectivity index (χ0v) is 9.18. The van der Waals surface area contributed by atoms with Crippen LogP contribution in [0.4, 0.5) is 0 Å². The van der Waals surface area contributed by atoms with Crippen molar-refractivity contribution in [2.24, 2.45) is 5.92 Å². The first-order valence-electron chi connectivity index (χ1n) is 4.27. The lowest BCUT2D eigenvalue weighted by molar-refractivity contribution is -0.144. The van der Waals surface area contributed by atoms with E-state index >= 15 is 0 Å². The van der Waals surface area contributed by atoms with Crippen LogP contribution in [0.2, 0.25) is 0 Å². The van der Waals surface area contributed by atoms with Gasteiger partial charge in [-0.2, -0.15) is 0 Å². The molecule has 0 spiro atoms. The summed E-state index contributed by atoms with van der Waals surface area (Å²) in [6.07, 6.45) is 0.408. The number of carbonyl (C=O) groups excluding carboxylic acids is 1. The summed E-state index contributed by atoms with van der Waals surface area (Å²) in [6, 6.07) is 0. The van der Waals surface area contributed by atoms with Crippen LogP contribution in [0.25, 0.3) is 0 Å². The summed E-state index contributed by atoms with van der Waals surface area (Å²) in [6.45, 7) is 1.77. The number of carboxylic acid groups (broad SMARTS) is 1. The third kappa shape index (κ3) is 2.51. The molecule has 0 aromatic carbocycles. The van der Waals surface area contributed by atoms with E-state index in [1.54, 1.807) is 6.92 Å². The van der Waals surface area contributed by atoms with Crippen LogP contribution < -0.4 is 0 Å². The van der Waals surface area contributed by atoms with Crippen LogP contribution in [0.1, 0.15) is 13.3 Å². The van der Waals surface area contributed by atoms with Gasteiger partial charge < -0.3 is 10.0 Å². The quantitative estimate of drug-likeness (QED) is 0.749. The Kier molecular flexibility index (Phi) is 3.27. The van der Waals surface area contributed by atoms with Gasteiger partial charge in [-0.1, -0.05) is 0 Å². The molecule has 0 aliphatic heterocycles. The van der Waals surface area contributed by atoms with E-state index in [-0.39, 0.29) is 12.5 Å². The largest absolute Gasteiger partial charge is 0.480 e. The number of hydrogen-bond donors (Lipinski definition) is 1. The Labute approximate surface area is 91.8 Å². The Morgan fingerprint density at radius 3 is 2.36 bits per heavy atom. The highest BCUT2D eigenvalue weighted by molar-refractivity contribution is 6.52. The van der Waals surface area contributed by atoms with Gasteiger partial charge in [-0.25, -0.2) is 0 Å². The van der Waals surface area contributed by atoms with Gasteiger partial charge in [0.1, 0.15) is 10.9 Å². The fraction of sp³-hybridized carbons (Fsp3) is 0.750. The minimum Gasteiger partial charge on any atom is -0.480 e. The minimum atomic E-state index is -1.03. The van der Waals surface area contributed by atoms with E-state index < -0.39 is 16.2 Å². The average molecular weight is 240 g/mol. The molecule has 1 saturated carbocycles. The number of carbonyl (C=O) groups is 2. The molecule has 0 radical (unpaired) electrons. The third-order valence-corrected chi connectivity index (χ3v) is 2.98. The molecule has 1 unspecified atom stereocenters. The summed E-state index contributed by atoms with van der Waals surface area (Å²) in [5, 5.41) is 8.54. The predicted octanol–water partition coefficient (Wildman–Crippen LogP) is 1.11. The first kappa shape index (κ1) is 11.6. The first-order valence-corrected chi connectivity index (χ1v) is 5.02.